The molecule has 3 aliphatic rings. The zero-order chi connectivity index (χ0) is 24.0. The number of sulfone groups is 1. The number of carbonyl (C=O) groups is 1. The second kappa shape index (κ2) is 9.18. The minimum atomic E-state index is -3.42. The van der Waals surface area contributed by atoms with Crippen LogP contribution in [0, 0.1) is 11.7 Å². The molecule has 1 aliphatic carbocycles. The number of hydrogen-bond donors (Lipinski definition) is 0. The molecule has 0 spiro atoms. The lowest BCUT2D eigenvalue weighted by molar-refractivity contribution is -0.133. The molecule has 1 aromatic carbocycles. The van der Waals surface area contributed by atoms with Gasteiger partial charge in [0, 0.05) is 49.0 Å². The van der Waals surface area contributed by atoms with Gasteiger partial charge in [-0.2, -0.15) is 4.37 Å². The highest BCUT2D eigenvalue weighted by Gasteiger charge is 2.39. The number of hydrogen-bond acceptors (Lipinski definition) is 7. The van der Waals surface area contributed by atoms with E-state index in [1.165, 1.54) is 17.6 Å². The molecule has 7 nitrogen and oxygen atoms in total. The van der Waals surface area contributed by atoms with Gasteiger partial charge in [0.2, 0.25) is 11.0 Å². The first-order valence-electron chi connectivity index (χ1n) is 12.2. The van der Waals surface area contributed by atoms with Crippen LogP contribution in [0.25, 0.3) is 0 Å². The Labute approximate surface area is 204 Å². The van der Waals surface area contributed by atoms with E-state index in [4.69, 9.17) is 0 Å². The van der Waals surface area contributed by atoms with Gasteiger partial charge in [-0.05, 0) is 56.2 Å². The van der Waals surface area contributed by atoms with E-state index in [0.717, 1.165) is 43.0 Å². The maximum Gasteiger partial charge on any atom is 0.226 e. The van der Waals surface area contributed by atoms with Crippen LogP contribution >= 0.6 is 11.5 Å². The van der Waals surface area contributed by atoms with Crippen LogP contribution < -0.4 is 4.90 Å². The van der Waals surface area contributed by atoms with Crippen molar-refractivity contribution in [3.63, 3.8) is 0 Å². The summed E-state index contributed by atoms with van der Waals surface area (Å²) in [5.41, 5.74) is 0.419. The largest absolute Gasteiger partial charge is 0.347 e. The molecule has 2 aliphatic heterocycles. The standard InChI is InChI=1S/C24H31FN4O3S2/c1-15(2)22-26-24(33-27-22)28-10-8-18(9-11-28)29-12-7-17(23(29)30)13-16-3-4-20(14-21(16)25)34(31,32)19-5-6-19/h3-4,14-15,17-19H,5-13H2,1-2H3/t17-/m0/s1. The van der Waals surface area contributed by atoms with Gasteiger partial charge in [0.15, 0.2) is 9.84 Å². The molecule has 184 valence electrons. The Morgan fingerprint density at radius 1 is 1.12 bits per heavy atom. The van der Waals surface area contributed by atoms with E-state index in [1.54, 1.807) is 6.07 Å². The molecular weight excluding hydrogens is 475 g/mol. The molecule has 0 bridgehead atoms. The lowest BCUT2D eigenvalue weighted by atomic mass is 9.97. The van der Waals surface area contributed by atoms with Gasteiger partial charge in [-0.15, -0.1) is 0 Å². The number of likely N-dealkylation sites (tertiary alicyclic amines) is 1. The first-order valence-corrected chi connectivity index (χ1v) is 14.5. The quantitative estimate of drug-likeness (QED) is 0.568. The van der Waals surface area contributed by atoms with Crippen molar-refractivity contribution >= 4 is 32.4 Å². The highest BCUT2D eigenvalue weighted by atomic mass is 32.2. The van der Waals surface area contributed by atoms with Crippen molar-refractivity contribution in [3.05, 3.63) is 35.4 Å². The minimum Gasteiger partial charge on any atom is -0.347 e. The first-order chi connectivity index (χ1) is 16.2. The number of carbonyl (C=O) groups excluding carboxylic acids is 1. The molecule has 2 saturated heterocycles. The fraction of sp³-hybridized carbons (Fsp3) is 0.625. The van der Waals surface area contributed by atoms with Crippen LogP contribution in [0.4, 0.5) is 9.52 Å². The molecule has 3 heterocycles. The highest BCUT2D eigenvalue weighted by Crippen LogP contribution is 2.35. The lowest BCUT2D eigenvalue weighted by Gasteiger charge is -2.36. The fourth-order valence-corrected chi connectivity index (χ4v) is 7.51. The average Bonchev–Trinajstić information content (AvgIpc) is 3.46. The van der Waals surface area contributed by atoms with Crippen molar-refractivity contribution < 1.29 is 17.6 Å². The summed E-state index contributed by atoms with van der Waals surface area (Å²) in [5.74, 6) is 0.496. The molecule has 5 rings (SSSR count). The summed E-state index contributed by atoms with van der Waals surface area (Å²) < 4.78 is 44.0. The van der Waals surface area contributed by atoms with Gasteiger partial charge in [0.25, 0.3) is 0 Å². The van der Waals surface area contributed by atoms with Gasteiger partial charge in [-0.3, -0.25) is 4.79 Å². The minimum absolute atomic E-state index is 0.0540. The van der Waals surface area contributed by atoms with E-state index in [2.05, 4.69) is 28.1 Å². The van der Waals surface area contributed by atoms with E-state index in [9.17, 15) is 17.6 Å². The zero-order valence-corrected chi connectivity index (χ0v) is 21.2. The van der Waals surface area contributed by atoms with Gasteiger partial charge in [-0.1, -0.05) is 19.9 Å². The van der Waals surface area contributed by atoms with E-state index in [0.29, 0.717) is 43.7 Å². The molecular formula is C24H31FN4O3S2. The Kier molecular flexibility index (Phi) is 6.39. The summed E-state index contributed by atoms with van der Waals surface area (Å²) in [6.07, 6.45) is 4.09. The summed E-state index contributed by atoms with van der Waals surface area (Å²) in [5, 5.41) is 0.591. The number of amides is 1. The number of halogens is 1. The Morgan fingerprint density at radius 3 is 2.47 bits per heavy atom. The molecule has 1 amide bonds. The molecule has 1 aromatic heterocycles. The third-order valence-corrected chi connectivity index (χ3v) is 10.3. The summed E-state index contributed by atoms with van der Waals surface area (Å²) in [6, 6.07) is 4.37. The van der Waals surface area contributed by atoms with Crippen molar-refractivity contribution in [1.82, 2.24) is 14.3 Å². The van der Waals surface area contributed by atoms with Crippen molar-refractivity contribution in [2.45, 2.75) is 74.5 Å². The molecule has 10 heteroatoms. The Morgan fingerprint density at radius 2 is 1.85 bits per heavy atom. The third-order valence-electron chi connectivity index (χ3n) is 7.26. The van der Waals surface area contributed by atoms with Crippen LogP contribution in [0.5, 0.6) is 0 Å². The molecule has 34 heavy (non-hydrogen) atoms. The van der Waals surface area contributed by atoms with Crippen molar-refractivity contribution in [2.24, 2.45) is 5.92 Å². The fourth-order valence-electron chi connectivity index (χ4n) is 4.98. The van der Waals surface area contributed by atoms with E-state index >= 15 is 0 Å². The van der Waals surface area contributed by atoms with Crippen LogP contribution in [0.1, 0.15) is 63.3 Å². The molecule has 3 fully saturated rings. The van der Waals surface area contributed by atoms with Crippen molar-refractivity contribution in [3.8, 4) is 0 Å². The lowest BCUT2D eigenvalue weighted by Crippen LogP contribution is -2.46. The monoisotopic (exact) mass is 506 g/mol. The Balaban J connectivity index is 1.18. The van der Waals surface area contributed by atoms with Crippen LogP contribution in [0.15, 0.2) is 23.1 Å². The number of benzene rings is 1. The second-order valence-corrected chi connectivity index (χ2v) is 13.0. The Hall–Kier alpha value is -2.07. The number of aromatic nitrogens is 2. The zero-order valence-electron chi connectivity index (χ0n) is 19.6. The predicted molar refractivity (Wildman–Crippen MR) is 129 cm³/mol. The maximum atomic E-state index is 14.7. The second-order valence-electron chi connectivity index (χ2n) is 10.0. The van der Waals surface area contributed by atoms with Crippen LogP contribution in [-0.2, 0) is 21.1 Å². The maximum absolute atomic E-state index is 14.7. The highest BCUT2D eigenvalue weighted by molar-refractivity contribution is 7.92. The molecule has 0 N–H and O–H groups in total. The average molecular weight is 507 g/mol. The van der Waals surface area contributed by atoms with Gasteiger partial charge in [-0.25, -0.2) is 17.8 Å². The van der Waals surface area contributed by atoms with E-state index in [-0.39, 0.29) is 28.0 Å². The van der Waals surface area contributed by atoms with Crippen molar-refractivity contribution in [2.75, 3.05) is 24.5 Å². The van der Waals surface area contributed by atoms with Crippen molar-refractivity contribution in [1.29, 1.82) is 0 Å². The normalized spacial score (nSPS) is 22.2. The number of rotatable bonds is 7. The summed E-state index contributed by atoms with van der Waals surface area (Å²) in [6.45, 7) is 6.56. The predicted octanol–water partition coefficient (Wildman–Crippen LogP) is 3.80. The summed E-state index contributed by atoms with van der Waals surface area (Å²) in [7, 11) is -3.42. The first kappa shape index (κ1) is 23.7. The SMILES string of the molecule is CC(C)c1nsc(N2CCC(N3CC[C@@H](Cc4ccc(S(=O)(=O)C5CC5)cc4F)C3=O)CC2)n1. The third kappa shape index (κ3) is 4.58. The van der Waals surface area contributed by atoms with E-state index in [1.807, 2.05) is 4.90 Å². The molecule has 2 aromatic rings. The summed E-state index contributed by atoms with van der Waals surface area (Å²) in [4.78, 5) is 22.1. The van der Waals surface area contributed by atoms with Crippen LogP contribution in [-0.4, -0.2) is 59.5 Å². The van der Waals surface area contributed by atoms with E-state index < -0.39 is 15.7 Å². The molecule has 1 saturated carbocycles. The topological polar surface area (TPSA) is 83.5 Å². The summed E-state index contributed by atoms with van der Waals surface area (Å²) >= 11 is 1.44. The molecule has 1 atom stereocenters. The molecule has 0 radical (unpaired) electrons. The van der Waals surface area contributed by atoms with Crippen LogP contribution in [0.3, 0.4) is 0 Å². The van der Waals surface area contributed by atoms with Gasteiger partial charge < -0.3 is 9.80 Å². The number of piperidine rings is 1. The number of anilines is 1. The van der Waals surface area contributed by atoms with Crippen LogP contribution in [0.2, 0.25) is 0 Å². The van der Waals surface area contributed by atoms with Gasteiger partial charge in [0.05, 0.1) is 10.1 Å². The van der Waals surface area contributed by atoms with Gasteiger partial charge in [0.1, 0.15) is 11.6 Å². The Bertz CT molecular complexity index is 1170. The number of nitrogens with zero attached hydrogens (tertiary/aromatic N) is 4. The molecule has 0 unspecified atom stereocenters. The van der Waals surface area contributed by atoms with Gasteiger partial charge >= 0.3 is 0 Å². The smallest absolute Gasteiger partial charge is 0.226 e.